The summed E-state index contributed by atoms with van der Waals surface area (Å²) in [6, 6.07) is 5.09. The Labute approximate surface area is 108 Å². The SMILES string of the molecule is O.O=CN1CCN=C1Nc1ccc(Cl)cc1Cl. The van der Waals surface area contributed by atoms with Gasteiger partial charge in [0, 0.05) is 11.6 Å². The Balaban J connectivity index is 0.00000144. The average Bonchev–Trinajstić information content (AvgIpc) is 2.69. The Morgan fingerprint density at radius 3 is 2.82 bits per heavy atom. The molecule has 1 heterocycles. The molecule has 3 N–H and O–H groups in total. The van der Waals surface area contributed by atoms with E-state index in [9.17, 15) is 4.79 Å². The highest BCUT2D eigenvalue weighted by molar-refractivity contribution is 6.36. The first-order valence-corrected chi connectivity index (χ1v) is 5.45. The number of halogens is 2. The van der Waals surface area contributed by atoms with E-state index in [1.807, 2.05) is 0 Å². The van der Waals surface area contributed by atoms with Gasteiger partial charge in [-0.05, 0) is 18.2 Å². The van der Waals surface area contributed by atoms with Crippen LogP contribution < -0.4 is 5.32 Å². The molecule has 0 saturated heterocycles. The number of amides is 1. The molecule has 0 radical (unpaired) electrons. The number of nitrogens with zero attached hydrogens (tertiary/aromatic N) is 2. The van der Waals surface area contributed by atoms with E-state index in [2.05, 4.69) is 10.3 Å². The predicted molar refractivity (Wildman–Crippen MR) is 68.8 cm³/mol. The summed E-state index contributed by atoms with van der Waals surface area (Å²) in [6.45, 7) is 1.20. The molecule has 5 nitrogen and oxygen atoms in total. The Bertz CT molecular complexity index is 451. The molecule has 0 fully saturated rings. The summed E-state index contributed by atoms with van der Waals surface area (Å²) in [4.78, 5) is 16.3. The summed E-state index contributed by atoms with van der Waals surface area (Å²) in [6.07, 6.45) is 0.739. The lowest BCUT2D eigenvalue weighted by atomic mass is 10.3. The van der Waals surface area contributed by atoms with Gasteiger partial charge >= 0.3 is 0 Å². The molecule has 0 bridgehead atoms. The first-order valence-electron chi connectivity index (χ1n) is 4.69. The van der Waals surface area contributed by atoms with Crippen LogP contribution in [0, 0.1) is 0 Å². The van der Waals surface area contributed by atoms with E-state index in [1.54, 1.807) is 18.2 Å². The van der Waals surface area contributed by atoms with Crippen molar-refractivity contribution < 1.29 is 10.3 Å². The van der Waals surface area contributed by atoms with Crippen molar-refractivity contribution >= 4 is 41.3 Å². The standard InChI is InChI=1S/C10H9Cl2N3O.H2O/c11-7-1-2-9(8(12)5-7)14-10-13-3-4-15(10)6-16;/h1-2,5-6H,3-4H2,(H,13,14);1H2. The van der Waals surface area contributed by atoms with Crippen LogP contribution in [0.4, 0.5) is 5.69 Å². The van der Waals surface area contributed by atoms with Gasteiger partial charge in [-0.25, -0.2) is 0 Å². The smallest absolute Gasteiger partial charge is 0.216 e. The Morgan fingerprint density at radius 1 is 1.41 bits per heavy atom. The fraction of sp³-hybridized carbons (Fsp3) is 0.200. The molecule has 0 aromatic heterocycles. The van der Waals surface area contributed by atoms with Crippen LogP contribution in [0.5, 0.6) is 0 Å². The van der Waals surface area contributed by atoms with E-state index in [4.69, 9.17) is 23.2 Å². The second-order valence-corrected chi connectivity index (χ2v) is 4.10. The van der Waals surface area contributed by atoms with Gasteiger partial charge in [-0.2, -0.15) is 0 Å². The molecule has 2 rings (SSSR count). The minimum Gasteiger partial charge on any atom is -0.412 e. The van der Waals surface area contributed by atoms with Gasteiger partial charge < -0.3 is 10.8 Å². The number of hydrogen-bond acceptors (Lipinski definition) is 3. The highest BCUT2D eigenvalue weighted by Crippen LogP contribution is 2.25. The van der Waals surface area contributed by atoms with Crippen LogP contribution in [0.25, 0.3) is 0 Å². The lowest BCUT2D eigenvalue weighted by Gasteiger charge is -2.14. The summed E-state index contributed by atoms with van der Waals surface area (Å²) in [5, 5.41) is 4.05. The topological polar surface area (TPSA) is 76.2 Å². The number of guanidine groups is 1. The van der Waals surface area contributed by atoms with Gasteiger partial charge in [0.05, 0.1) is 17.3 Å². The maximum atomic E-state index is 10.7. The van der Waals surface area contributed by atoms with E-state index < -0.39 is 0 Å². The van der Waals surface area contributed by atoms with Crippen LogP contribution in [0.1, 0.15) is 0 Å². The average molecular weight is 276 g/mol. The van der Waals surface area contributed by atoms with Crippen LogP contribution in [0.15, 0.2) is 23.2 Å². The molecule has 1 aromatic rings. The summed E-state index contributed by atoms with van der Waals surface area (Å²) >= 11 is 11.8. The van der Waals surface area contributed by atoms with Gasteiger partial charge in [0.1, 0.15) is 0 Å². The van der Waals surface area contributed by atoms with E-state index in [0.29, 0.717) is 34.8 Å². The maximum Gasteiger partial charge on any atom is 0.216 e. The number of carbonyl (C=O) groups excluding carboxylic acids is 1. The quantitative estimate of drug-likeness (QED) is 0.829. The minimum absolute atomic E-state index is 0. The van der Waals surface area contributed by atoms with Crippen molar-refractivity contribution in [2.45, 2.75) is 0 Å². The zero-order chi connectivity index (χ0) is 11.5. The van der Waals surface area contributed by atoms with Crippen molar-refractivity contribution in [3.8, 4) is 0 Å². The monoisotopic (exact) mass is 275 g/mol. The fourth-order valence-corrected chi connectivity index (χ4v) is 1.84. The number of rotatable bonds is 2. The number of aliphatic imine (C=N–C) groups is 1. The lowest BCUT2D eigenvalue weighted by molar-refractivity contribution is -0.114. The zero-order valence-corrected chi connectivity index (χ0v) is 10.3. The molecular formula is C10H11Cl2N3O2. The van der Waals surface area contributed by atoms with Crippen molar-refractivity contribution in [1.82, 2.24) is 4.90 Å². The first kappa shape index (κ1) is 13.8. The minimum atomic E-state index is 0. The second-order valence-electron chi connectivity index (χ2n) is 3.25. The van der Waals surface area contributed by atoms with Crippen LogP contribution in [-0.4, -0.2) is 35.8 Å². The number of anilines is 1. The lowest BCUT2D eigenvalue weighted by Crippen LogP contribution is -2.31. The molecule has 0 spiro atoms. The van der Waals surface area contributed by atoms with Crippen molar-refractivity contribution in [3.63, 3.8) is 0 Å². The van der Waals surface area contributed by atoms with Crippen molar-refractivity contribution in [3.05, 3.63) is 28.2 Å². The Morgan fingerprint density at radius 2 is 2.18 bits per heavy atom. The molecule has 92 valence electrons. The molecule has 7 heteroatoms. The second kappa shape index (κ2) is 5.86. The maximum absolute atomic E-state index is 10.7. The van der Waals surface area contributed by atoms with Gasteiger partial charge in [0.2, 0.25) is 12.4 Å². The first-order chi connectivity index (χ1) is 7.70. The van der Waals surface area contributed by atoms with Crippen molar-refractivity contribution in [2.24, 2.45) is 4.99 Å². The van der Waals surface area contributed by atoms with E-state index in [1.165, 1.54) is 4.90 Å². The third kappa shape index (κ3) is 3.09. The van der Waals surface area contributed by atoms with Gasteiger partial charge in [-0.1, -0.05) is 23.2 Å². The molecule has 0 atom stereocenters. The molecule has 17 heavy (non-hydrogen) atoms. The third-order valence-corrected chi connectivity index (χ3v) is 2.73. The zero-order valence-electron chi connectivity index (χ0n) is 8.78. The highest BCUT2D eigenvalue weighted by Gasteiger charge is 2.16. The number of nitrogens with one attached hydrogen (secondary N) is 1. The predicted octanol–water partition coefficient (Wildman–Crippen LogP) is 1.41. The summed E-state index contributed by atoms with van der Waals surface area (Å²) in [5.74, 6) is 0.513. The summed E-state index contributed by atoms with van der Waals surface area (Å²) < 4.78 is 0. The normalized spacial score (nSPS) is 14.0. The van der Waals surface area contributed by atoms with Crippen LogP contribution in [0.2, 0.25) is 10.0 Å². The van der Waals surface area contributed by atoms with Crippen LogP contribution in [-0.2, 0) is 4.79 Å². The molecule has 1 aromatic carbocycles. The molecule has 1 amide bonds. The Hall–Kier alpha value is -1.30. The van der Waals surface area contributed by atoms with Crippen LogP contribution >= 0.6 is 23.2 Å². The van der Waals surface area contributed by atoms with E-state index in [0.717, 1.165) is 6.41 Å². The largest absolute Gasteiger partial charge is 0.412 e. The molecule has 1 aliphatic rings. The molecule has 0 unspecified atom stereocenters. The molecule has 0 saturated carbocycles. The van der Waals surface area contributed by atoms with Crippen molar-refractivity contribution in [1.29, 1.82) is 0 Å². The summed E-state index contributed by atoms with van der Waals surface area (Å²) in [7, 11) is 0. The third-order valence-electron chi connectivity index (χ3n) is 2.18. The van der Waals surface area contributed by atoms with Crippen molar-refractivity contribution in [2.75, 3.05) is 18.4 Å². The molecule has 1 aliphatic heterocycles. The van der Waals surface area contributed by atoms with Gasteiger partial charge in [0.15, 0.2) is 0 Å². The summed E-state index contributed by atoms with van der Waals surface area (Å²) in [5.41, 5.74) is 0.679. The fourth-order valence-electron chi connectivity index (χ4n) is 1.39. The Kier molecular flexibility index (Phi) is 4.74. The highest BCUT2D eigenvalue weighted by atomic mass is 35.5. The van der Waals surface area contributed by atoms with E-state index >= 15 is 0 Å². The van der Waals surface area contributed by atoms with Gasteiger partial charge in [-0.15, -0.1) is 0 Å². The number of benzene rings is 1. The van der Waals surface area contributed by atoms with Gasteiger partial charge in [-0.3, -0.25) is 14.7 Å². The number of hydrogen-bond donors (Lipinski definition) is 1. The van der Waals surface area contributed by atoms with E-state index in [-0.39, 0.29) is 5.48 Å². The van der Waals surface area contributed by atoms with Crippen LogP contribution in [0.3, 0.4) is 0 Å². The number of carbonyl (C=O) groups is 1. The van der Waals surface area contributed by atoms with Gasteiger partial charge in [0.25, 0.3) is 0 Å². The molecule has 0 aliphatic carbocycles. The molecular weight excluding hydrogens is 265 g/mol.